The standard InChI is InChI=1S/C14H21N3O3S/c1-10(15)11-4-3-5-13(8-11)21(19,20)17(2)9-14(18)16-12-6-7-12/h3-5,8,10,12H,6-7,9,15H2,1-2H3,(H,16,18). The van der Waals surface area contributed by atoms with E-state index in [9.17, 15) is 13.2 Å². The number of rotatable bonds is 6. The predicted octanol–water partition coefficient (Wildman–Crippen LogP) is 0.605. The van der Waals surface area contributed by atoms with E-state index in [4.69, 9.17) is 5.73 Å². The minimum absolute atomic E-state index is 0.152. The van der Waals surface area contributed by atoms with E-state index in [0.717, 1.165) is 22.7 Å². The van der Waals surface area contributed by atoms with Gasteiger partial charge in [0.25, 0.3) is 0 Å². The SMILES string of the molecule is CC(N)c1cccc(S(=O)(=O)N(C)CC(=O)NC2CC2)c1. The van der Waals surface area contributed by atoms with E-state index in [2.05, 4.69) is 5.32 Å². The van der Waals surface area contributed by atoms with E-state index in [0.29, 0.717) is 0 Å². The van der Waals surface area contributed by atoms with Crippen molar-refractivity contribution in [2.75, 3.05) is 13.6 Å². The largest absolute Gasteiger partial charge is 0.352 e. The van der Waals surface area contributed by atoms with Crippen LogP contribution in [0.15, 0.2) is 29.2 Å². The highest BCUT2D eigenvalue weighted by molar-refractivity contribution is 7.89. The van der Waals surface area contributed by atoms with Crippen LogP contribution in [0.1, 0.15) is 31.4 Å². The predicted molar refractivity (Wildman–Crippen MR) is 80.0 cm³/mol. The molecule has 1 aromatic rings. The smallest absolute Gasteiger partial charge is 0.243 e. The second-order valence-electron chi connectivity index (χ2n) is 5.46. The Labute approximate surface area is 125 Å². The summed E-state index contributed by atoms with van der Waals surface area (Å²) in [5, 5.41) is 2.77. The molecule has 1 amide bonds. The highest BCUT2D eigenvalue weighted by Crippen LogP contribution is 2.20. The van der Waals surface area contributed by atoms with Crippen molar-refractivity contribution in [3.8, 4) is 0 Å². The molecule has 0 aromatic heterocycles. The Balaban J connectivity index is 2.12. The van der Waals surface area contributed by atoms with Crippen molar-refractivity contribution in [2.45, 2.75) is 36.7 Å². The van der Waals surface area contributed by atoms with Gasteiger partial charge in [0.2, 0.25) is 15.9 Å². The van der Waals surface area contributed by atoms with Crippen LogP contribution in [0.25, 0.3) is 0 Å². The van der Waals surface area contributed by atoms with Crippen molar-refractivity contribution >= 4 is 15.9 Å². The summed E-state index contributed by atoms with van der Waals surface area (Å²) < 4.78 is 26.0. The van der Waals surface area contributed by atoms with Gasteiger partial charge in [0.05, 0.1) is 11.4 Å². The number of hydrogen-bond donors (Lipinski definition) is 2. The summed E-state index contributed by atoms with van der Waals surface area (Å²) in [5.41, 5.74) is 6.51. The summed E-state index contributed by atoms with van der Waals surface area (Å²) in [6, 6.07) is 6.47. The number of amides is 1. The zero-order valence-corrected chi connectivity index (χ0v) is 13.1. The first-order valence-corrected chi connectivity index (χ1v) is 8.36. The number of nitrogens with one attached hydrogen (secondary N) is 1. The zero-order valence-electron chi connectivity index (χ0n) is 12.2. The van der Waals surface area contributed by atoms with Gasteiger partial charge >= 0.3 is 0 Å². The van der Waals surface area contributed by atoms with Crippen molar-refractivity contribution in [3.05, 3.63) is 29.8 Å². The Bertz CT molecular complexity index is 624. The molecular weight excluding hydrogens is 290 g/mol. The van der Waals surface area contributed by atoms with E-state index in [1.807, 2.05) is 0 Å². The fourth-order valence-electron chi connectivity index (χ4n) is 1.93. The summed E-state index contributed by atoms with van der Waals surface area (Å²) >= 11 is 0. The Hall–Kier alpha value is -1.44. The van der Waals surface area contributed by atoms with Gasteiger partial charge in [-0.25, -0.2) is 8.42 Å². The van der Waals surface area contributed by atoms with E-state index in [-0.39, 0.29) is 29.4 Å². The summed E-state index contributed by atoms with van der Waals surface area (Å²) in [4.78, 5) is 11.9. The molecule has 0 radical (unpaired) electrons. The summed E-state index contributed by atoms with van der Waals surface area (Å²) in [7, 11) is -2.29. The average molecular weight is 311 g/mol. The van der Waals surface area contributed by atoms with Gasteiger partial charge in [-0.15, -0.1) is 0 Å². The van der Waals surface area contributed by atoms with Crippen LogP contribution >= 0.6 is 0 Å². The lowest BCUT2D eigenvalue weighted by atomic mass is 10.1. The maximum atomic E-state index is 12.4. The first-order valence-electron chi connectivity index (χ1n) is 6.92. The van der Waals surface area contributed by atoms with Gasteiger partial charge in [-0.2, -0.15) is 4.31 Å². The van der Waals surface area contributed by atoms with Crippen molar-refractivity contribution in [2.24, 2.45) is 5.73 Å². The Morgan fingerprint density at radius 3 is 2.71 bits per heavy atom. The molecule has 1 aliphatic carbocycles. The number of sulfonamides is 1. The molecule has 1 saturated carbocycles. The van der Waals surface area contributed by atoms with Crippen LogP contribution in [0.5, 0.6) is 0 Å². The molecule has 3 N–H and O–H groups in total. The molecule has 1 aliphatic rings. The fourth-order valence-corrected chi connectivity index (χ4v) is 3.11. The van der Waals surface area contributed by atoms with Gasteiger partial charge in [0, 0.05) is 19.1 Å². The molecule has 21 heavy (non-hydrogen) atoms. The van der Waals surface area contributed by atoms with Crippen molar-refractivity contribution in [1.29, 1.82) is 0 Å². The van der Waals surface area contributed by atoms with Crippen molar-refractivity contribution in [3.63, 3.8) is 0 Å². The molecule has 0 aliphatic heterocycles. The monoisotopic (exact) mass is 311 g/mol. The first kappa shape index (κ1) is 15.9. The molecule has 6 nitrogen and oxygen atoms in total. The lowest BCUT2D eigenvalue weighted by Crippen LogP contribution is -2.39. The van der Waals surface area contributed by atoms with Gasteiger partial charge in [0.15, 0.2) is 0 Å². The van der Waals surface area contributed by atoms with E-state index in [1.165, 1.54) is 13.1 Å². The maximum Gasteiger partial charge on any atom is 0.243 e. The lowest BCUT2D eigenvalue weighted by molar-refractivity contribution is -0.121. The molecule has 0 spiro atoms. The number of carbonyl (C=O) groups is 1. The summed E-state index contributed by atoms with van der Waals surface area (Å²) in [6.45, 7) is 1.61. The third-order valence-corrected chi connectivity index (χ3v) is 5.20. The number of hydrogen-bond acceptors (Lipinski definition) is 4. The average Bonchev–Trinajstić information content (AvgIpc) is 3.22. The Kier molecular flexibility index (Phi) is 4.65. The lowest BCUT2D eigenvalue weighted by Gasteiger charge is -2.17. The third kappa shape index (κ3) is 4.03. The van der Waals surface area contributed by atoms with Crippen LogP contribution in [-0.4, -0.2) is 38.3 Å². The minimum Gasteiger partial charge on any atom is -0.352 e. The molecule has 0 heterocycles. The van der Waals surface area contributed by atoms with Crippen LogP contribution in [-0.2, 0) is 14.8 Å². The van der Waals surface area contributed by atoms with E-state index < -0.39 is 10.0 Å². The molecule has 2 rings (SSSR count). The fraction of sp³-hybridized carbons (Fsp3) is 0.500. The van der Waals surface area contributed by atoms with Gasteiger partial charge in [0.1, 0.15) is 0 Å². The van der Waals surface area contributed by atoms with Crippen molar-refractivity contribution < 1.29 is 13.2 Å². The minimum atomic E-state index is -3.69. The van der Waals surface area contributed by atoms with Gasteiger partial charge < -0.3 is 11.1 Å². The van der Waals surface area contributed by atoms with E-state index >= 15 is 0 Å². The highest BCUT2D eigenvalue weighted by Gasteiger charge is 2.27. The quantitative estimate of drug-likeness (QED) is 0.805. The van der Waals surface area contributed by atoms with Crippen LogP contribution in [0.2, 0.25) is 0 Å². The van der Waals surface area contributed by atoms with Gasteiger partial charge in [-0.05, 0) is 37.5 Å². The van der Waals surface area contributed by atoms with Crippen LogP contribution in [0, 0.1) is 0 Å². The Morgan fingerprint density at radius 1 is 1.48 bits per heavy atom. The highest BCUT2D eigenvalue weighted by atomic mass is 32.2. The van der Waals surface area contributed by atoms with Crippen LogP contribution < -0.4 is 11.1 Å². The molecule has 7 heteroatoms. The summed E-state index contributed by atoms with van der Waals surface area (Å²) in [5.74, 6) is -0.271. The van der Waals surface area contributed by atoms with Crippen LogP contribution in [0.4, 0.5) is 0 Å². The second kappa shape index (κ2) is 6.13. The molecular formula is C14H21N3O3S. The number of carbonyl (C=O) groups excluding carboxylic acids is 1. The first-order chi connectivity index (χ1) is 9.80. The topological polar surface area (TPSA) is 92.5 Å². The van der Waals surface area contributed by atoms with Crippen LogP contribution in [0.3, 0.4) is 0 Å². The second-order valence-corrected chi connectivity index (χ2v) is 7.51. The zero-order chi connectivity index (χ0) is 15.6. The van der Waals surface area contributed by atoms with Gasteiger partial charge in [-0.1, -0.05) is 12.1 Å². The molecule has 0 saturated heterocycles. The number of likely N-dealkylation sites (N-methyl/N-ethyl adjacent to an activating group) is 1. The molecule has 1 unspecified atom stereocenters. The molecule has 1 atom stereocenters. The molecule has 116 valence electrons. The van der Waals surface area contributed by atoms with E-state index in [1.54, 1.807) is 25.1 Å². The molecule has 0 bridgehead atoms. The van der Waals surface area contributed by atoms with Gasteiger partial charge in [-0.3, -0.25) is 4.79 Å². The molecule has 1 aromatic carbocycles. The Morgan fingerprint density at radius 2 is 2.14 bits per heavy atom. The third-order valence-electron chi connectivity index (χ3n) is 3.40. The number of nitrogens with zero attached hydrogens (tertiary/aromatic N) is 1. The number of nitrogens with two attached hydrogens (primary N) is 1. The number of benzene rings is 1. The summed E-state index contributed by atoms with van der Waals surface area (Å²) in [6.07, 6.45) is 1.94. The van der Waals surface area contributed by atoms with Crippen molar-refractivity contribution in [1.82, 2.24) is 9.62 Å². The maximum absolute atomic E-state index is 12.4. The normalized spacial score (nSPS) is 16.8. The molecule has 1 fully saturated rings.